The van der Waals surface area contributed by atoms with Crippen molar-refractivity contribution >= 4 is 29.8 Å². The number of phenolic OH excluding ortho intramolecular Hbond substituents is 2. The second kappa shape index (κ2) is 16.3. The van der Waals surface area contributed by atoms with Gasteiger partial charge < -0.3 is 25.2 Å². The quantitative estimate of drug-likeness (QED) is 0.104. The number of aromatic nitrogens is 4. The molecule has 50 heavy (non-hydrogen) atoms. The van der Waals surface area contributed by atoms with E-state index in [4.69, 9.17) is 4.74 Å². The predicted octanol–water partition coefficient (Wildman–Crippen LogP) is 6.78. The van der Waals surface area contributed by atoms with Gasteiger partial charge in [-0.3, -0.25) is 9.98 Å². The van der Waals surface area contributed by atoms with Crippen molar-refractivity contribution in [2.24, 2.45) is 9.98 Å². The summed E-state index contributed by atoms with van der Waals surface area (Å²) in [6, 6.07) is 28.3. The van der Waals surface area contributed by atoms with Crippen LogP contribution < -0.4 is 0 Å². The third-order valence-corrected chi connectivity index (χ3v) is 7.28. The van der Waals surface area contributed by atoms with Crippen LogP contribution in [-0.4, -0.2) is 65.5 Å². The van der Waals surface area contributed by atoms with E-state index in [0.29, 0.717) is 28.3 Å². The number of hydrogen-bond donors (Lipinski definition) is 4. The molecule has 0 aliphatic carbocycles. The Kier molecular flexibility index (Phi) is 11.9. The number of benzene rings is 4. The number of methoxy groups -OCH3 is 1. The zero-order chi connectivity index (χ0) is 35.1. The minimum absolute atomic E-state index is 0. The van der Waals surface area contributed by atoms with Gasteiger partial charge in [0.05, 0.1) is 35.3 Å². The number of hydrogen-bond acceptors (Lipinski definition) is 10. The molecule has 0 amide bonds. The summed E-state index contributed by atoms with van der Waals surface area (Å²) < 4.78 is 7.47. The molecule has 1 radical (unpaired) electrons. The number of carbonyl (C=O) groups is 1. The van der Waals surface area contributed by atoms with E-state index in [1.165, 1.54) is 35.0 Å². The van der Waals surface area contributed by atoms with Crippen molar-refractivity contribution in [3.8, 4) is 34.6 Å². The van der Waals surface area contributed by atoms with Crippen LogP contribution in [0.15, 0.2) is 107 Å². The first-order valence-electron chi connectivity index (χ1n) is 15.0. The molecular formula is C37H34CoN6O6. The molecule has 13 heteroatoms. The Hall–Kier alpha value is -6.18. The number of esters is 1. The van der Waals surface area contributed by atoms with Gasteiger partial charge in [0.1, 0.15) is 22.9 Å². The number of rotatable bonds is 7. The molecule has 2 aromatic heterocycles. The fourth-order valence-electron chi connectivity index (χ4n) is 4.76. The van der Waals surface area contributed by atoms with Crippen molar-refractivity contribution in [1.82, 2.24) is 19.6 Å². The van der Waals surface area contributed by atoms with Crippen molar-refractivity contribution in [2.45, 2.75) is 20.8 Å². The standard InChI is InChI=1S/C19H17N3O4.C18H17N3O2.Co/c1-12-6-5-7-13(10-12)22-18(24)14(17(21-22)19(25)26-2)11-20-15-8-3-4-9-16(15)23;1-12-6-5-7-14(10-12)21-18(23)15(13(2)20-21)11-19-16-8-3-4-9-17(16)22;/h3-11,23-24H,1-2H3;3-11,22-23H,1-2H3;. The van der Waals surface area contributed by atoms with E-state index in [1.54, 1.807) is 55.5 Å². The summed E-state index contributed by atoms with van der Waals surface area (Å²) in [7, 11) is 1.23. The SMILES string of the molecule is COC(=O)c1nn(-c2cccc(C)c2)c(O)c1C=Nc1ccccc1O.Cc1cccc(-n2nc(C)c(C=Nc3ccccc3O)c2O)c1.[Co]. The summed E-state index contributed by atoms with van der Waals surface area (Å²) in [6.45, 7) is 5.70. The maximum absolute atomic E-state index is 12.1. The molecule has 0 aliphatic heterocycles. The predicted molar refractivity (Wildman–Crippen MR) is 187 cm³/mol. The van der Waals surface area contributed by atoms with Crippen LogP contribution in [0.2, 0.25) is 0 Å². The van der Waals surface area contributed by atoms with Crippen molar-refractivity contribution < 1.29 is 46.7 Å². The normalized spacial score (nSPS) is 10.9. The van der Waals surface area contributed by atoms with E-state index in [0.717, 1.165) is 16.8 Å². The van der Waals surface area contributed by atoms with Gasteiger partial charge >= 0.3 is 5.97 Å². The van der Waals surface area contributed by atoms with Gasteiger partial charge in [-0.2, -0.15) is 14.9 Å². The fraction of sp³-hybridized carbons (Fsp3) is 0.108. The molecule has 0 atom stereocenters. The zero-order valence-corrected chi connectivity index (χ0v) is 28.6. The Morgan fingerprint density at radius 3 is 1.60 bits per heavy atom. The summed E-state index contributed by atoms with van der Waals surface area (Å²) in [5.74, 6) is -0.867. The number of para-hydroxylation sites is 4. The molecule has 0 bridgehead atoms. The minimum atomic E-state index is -0.703. The summed E-state index contributed by atoms with van der Waals surface area (Å²) in [6.07, 6.45) is 2.79. The second-order valence-corrected chi connectivity index (χ2v) is 10.9. The first kappa shape index (κ1) is 36.6. The smallest absolute Gasteiger partial charge is 0.359 e. The van der Waals surface area contributed by atoms with E-state index in [9.17, 15) is 25.2 Å². The van der Waals surface area contributed by atoms with Crippen LogP contribution in [0.5, 0.6) is 23.3 Å². The summed E-state index contributed by atoms with van der Waals surface area (Å²) in [4.78, 5) is 20.4. The van der Waals surface area contributed by atoms with Gasteiger partial charge in [-0.1, -0.05) is 48.5 Å². The molecule has 0 aliphatic rings. The van der Waals surface area contributed by atoms with Gasteiger partial charge in [0.15, 0.2) is 5.69 Å². The van der Waals surface area contributed by atoms with Gasteiger partial charge in [-0.15, -0.1) is 0 Å². The Labute approximate surface area is 298 Å². The van der Waals surface area contributed by atoms with E-state index in [1.807, 2.05) is 56.3 Å². The second-order valence-electron chi connectivity index (χ2n) is 10.9. The molecule has 12 nitrogen and oxygen atoms in total. The van der Waals surface area contributed by atoms with Gasteiger partial charge in [-0.05, 0) is 80.4 Å². The Bertz CT molecular complexity index is 2190. The third kappa shape index (κ3) is 8.26. The number of nitrogens with zero attached hydrogens (tertiary/aromatic N) is 6. The first-order chi connectivity index (χ1) is 23.6. The largest absolute Gasteiger partial charge is 0.506 e. The van der Waals surface area contributed by atoms with Crippen LogP contribution in [0.1, 0.15) is 38.4 Å². The molecule has 0 saturated heterocycles. The maximum atomic E-state index is 12.1. The Balaban J connectivity index is 0.000000222. The average Bonchev–Trinajstić information content (AvgIpc) is 3.58. The van der Waals surface area contributed by atoms with Crippen molar-refractivity contribution in [3.63, 3.8) is 0 Å². The first-order valence-corrected chi connectivity index (χ1v) is 15.0. The minimum Gasteiger partial charge on any atom is -0.506 e. The number of phenols is 2. The van der Waals surface area contributed by atoms with E-state index < -0.39 is 5.97 Å². The molecule has 0 unspecified atom stereocenters. The van der Waals surface area contributed by atoms with Crippen LogP contribution in [0.25, 0.3) is 11.4 Å². The van der Waals surface area contributed by atoms with Crippen LogP contribution >= 0.6 is 0 Å². The molecule has 2 heterocycles. The maximum Gasteiger partial charge on any atom is 0.359 e. The number of ether oxygens (including phenoxy) is 1. The van der Waals surface area contributed by atoms with Crippen LogP contribution in [-0.2, 0) is 21.5 Å². The Morgan fingerprint density at radius 1 is 0.660 bits per heavy atom. The number of aromatic hydroxyl groups is 4. The summed E-state index contributed by atoms with van der Waals surface area (Å²) >= 11 is 0. The van der Waals surface area contributed by atoms with E-state index in [-0.39, 0.29) is 51.3 Å². The average molecular weight is 718 g/mol. The zero-order valence-electron chi connectivity index (χ0n) is 27.5. The van der Waals surface area contributed by atoms with Gasteiger partial charge in [0, 0.05) is 29.2 Å². The van der Waals surface area contributed by atoms with Crippen LogP contribution in [0.4, 0.5) is 11.4 Å². The molecular weight excluding hydrogens is 683 g/mol. The number of aryl methyl sites for hydroxylation is 3. The molecule has 0 fully saturated rings. The monoisotopic (exact) mass is 717 g/mol. The molecule has 257 valence electrons. The van der Waals surface area contributed by atoms with Crippen LogP contribution in [0, 0.1) is 20.8 Å². The number of carbonyl (C=O) groups excluding carboxylic acids is 1. The van der Waals surface area contributed by atoms with Crippen molar-refractivity contribution in [2.75, 3.05) is 7.11 Å². The molecule has 0 saturated carbocycles. The fourth-order valence-corrected chi connectivity index (χ4v) is 4.76. The summed E-state index contributed by atoms with van der Waals surface area (Å²) in [5, 5.41) is 49.1. The van der Waals surface area contributed by atoms with Crippen LogP contribution in [0.3, 0.4) is 0 Å². The van der Waals surface area contributed by atoms with Gasteiger partial charge in [-0.25, -0.2) is 9.48 Å². The van der Waals surface area contributed by atoms with Crippen molar-refractivity contribution in [3.05, 3.63) is 131 Å². The van der Waals surface area contributed by atoms with E-state index >= 15 is 0 Å². The van der Waals surface area contributed by atoms with Crippen molar-refractivity contribution in [1.29, 1.82) is 0 Å². The molecule has 6 rings (SSSR count). The Morgan fingerprint density at radius 2 is 1.12 bits per heavy atom. The van der Waals surface area contributed by atoms with E-state index in [2.05, 4.69) is 20.2 Å². The summed E-state index contributed by atoms with van der Waals surface area (Å²) in [5.41, 5.74) is 5.37. The molecule has 4 aromatic carbocycles. The molecule has 6 aromatic rings. The molecule has 0 spiro atoms. The van der Waals surface area contributed by atoms with Gasteiger partial charge in [0.25, 0.3) is 0 Å². The molecule has 4 N–H and O–H groups in total. The topological polar surface area (TPSA) is 168 Å². The van der Waals surface area contributed by atoms with Gasteiger partial charge in [0.2, 0.25) is 11.8 Å². The third-order valence-electron chi connectivity index (χ3n) is 7.28. The number of aliphatic imine (C=N–C) groups is 2.